The summed E-state index contributed by atoms with van der Waals surface area (Å²) in [4.78, 5) is 24.3. The Hall–Kier alpha value is -1.14. The van der Waals surface area contributed by atoms with Crippen LogP contribution >= 0.6 is 11.3 Å². The van der Waals surface area contributed by atoms with Crippen molar-refractivity contribution in [1.82, 2.24) is 9.88 Å². The Kier molecular flexibility index (Phi) is 4.92. The molecule has 0 aliphatic heterocycles. The molecule has 6 heteroatoms. The van der Waals surface area contributed by atoms with E-state index in [1.165, 1.54) is 4.57 Å². The SMILES string of the molecule is Cc1sc(=O)n(CC(=O)NCC(C)(O)C(C)C)c1C. The van der Waals surface area contributed by atoms with Gasteiger partial charge < -0.3 is 10.4 Å². The number of rotatable bonds is 5. The van der Waals surface area contributed by atoms with Crippen LogP contribution in [0.4, 0.5) is 0 Å². The summed E-state index contributed by atoms with van der Waals surface area (Å²) in [6.45, 7) is 9.34. The Morgan fingerprint density at radius 1 is 1.47 bits per heavy atom. The Labute approximate surface area is 117 Å². The van der Waals surface area contributed by atoms with Crippen LogP contribution in [-0.4, -0.2) is 27.7 Å². The first kappa shape index (κ1) is 15.9. The van der Waals surface area contributed by atoms with Crippen molar-refractivity contribution < 1.29 is 9.90 Å². The van der Waals surface area contributed by atoms with Crippen molar-refractivity contribution in [3.8, 4) is 0 Å². The van der Waals surface area contributed by atoms with E-state index in [-0.39, 0.29) is 29.8 Å². The zero-order valence-corrected chi connectivity index (χ0v) is 12.9. The highest BCUT2D eigenvalue weighted by molar-refractivity contribution is 7.09. The molecule has 5 nitrogen and oxygen atoms in total. The van der Waals surface area contributed by atoms with Crippen LogP contribution in [0.25, 0.3) is 0 Å². The van der Waals surface area contributed by atoms with E-state index >= 15 is 0 Å². The summed E-state index contributed by atoms with van der Waals surface area (Å²) in [5.41, 5.74) is -0.124. The molecule has 1 unspecified atom stereocenters. The Balaban J connectivity index is 2.64. The standard InChI is InChI=1S/C13H22N2O3S/c1-8(2)13(5,18)7-14-11(16)6-15-9(3)10(4)19-12(15)17/h8,18H,6-7H2,1-5H3,(H,14,16). The second-order valence-corrected chi connectivity index (χ2v) is 6.55. The molecule has 0 aromatic carbocycles. The first-order valence-corrected chi connectivity index (χ1v) is 7.12. The first-order valence-electron chi connectivity index (χ1n) is 6.31. The molecule has 0 bridgehead atoms. The van der Waals surface area contributed by atoms with Gasteiger partial charge in [-0.05, 0) is 26.7 Å². The van der Waals surface area contributed by atoms with Gasteiger partial charge in [0, 0.05) is 17.1 Å². The fourth-order valence-electron chi connectivity index (χ4n) is 1.45. The van der Waals surface area contributed by atoms with Gasteiger partial charge in [-0.1, -0.05) is 25.2 Å². The number of amides is 1. The molecule has 0 aliphatic carbocycles. The van der Waals surface area contributed by atoms with Gasteiger partial charge in [-0.3, -0.25) is 14.2 Å². The van der Waals surface area contributed by atoms with Gasteiger partial charge in [0.05, 0.1) is 5.60 Å². The van der Waals surface area contributed by atoms with Gasteiger partial charge >= 0.3 is 4.87 Å². The molecule has 0 spiro atoms. The Morgan fingerprint density at radius 3 is 2.47 bits per heavy atom. The van der Waals surface area contributed by atoms with Crippen molar-refractivity contribution in [3.63, 3.8) is 0 Å². The maximum Gasteiger partial charge on any atom is 0.308 e. The lowest BCUT2D eigenvalue weighted by Crippen LogP contribution is -2.45. The van der Waals surface area contributed by atoms with Crippen LogP contribution in [0.1, 0.15) is 31.3 Å². The van der Waals surface area contributed by atoms with Gasteiger partial charge in [0.1, 0.15) is 6.54 Å². The molecule has 0 aliphatic rings. The molecule has 19 heavy (non-hydrogen) atoms. The van der Waals surface area contributed by atoms with Crippen molar-refractivity contribution in [1.29, 1.82) is 0 Å². The first-order chi connectivity index (χ1) is 8.65. The van der Waals surface area contributed by atoms with Crippen molar-refractivity contribution >= 4 is 17.2 Å². The van der Waals surface area contributed by atoms with Gasteiger partial charge in [0.2, 0.25) is 5.91 Å². The number of nitrogens with zero attached hydrogens (tertiary/aromatic N) is 1. The van der Waals surface area contributed by atoms with Gasteiger partial charge in [0.15, 0.2) is 0 Å². The van der Waals surface area contributed by atoms with Crippen LogP contribution in [0.3, 0.4) is 0 Å². The zero-order valence-electron chi connectivity index (χ0n) is 12.1. The summed E-state index contributed by atoms with van der Waals surface area (Å²) >= 11 is 1.14. The third-order valence-electron chi connectivity index (χ3n) is 3.56. The van der Waals surface area contributed by atoms with Gasteiger partial charge in [-0.15, -0.1) is 0 Å². The van der Waals surface area contributed by atoms with Crippen LogP contribution in [0.2, 0.25) is 0 Å². The quantitative estimate of drug-likeness (QED) is 0.850. The normalized spacial score (nSPS) is 14.5. The van der Waals surface area contributed by atoms with Gasteiger partial charge in [0.25, 0.3) is 0 Å². The minimum absolute atomic E-state index is 0.00316. The van der Waals surface area contributed by atoms with Crippen LogP contribution in [0.15, 0.2) is 4.79 Å². The molecule has 1 rings (SSSR count). The van der Waals surface area contributed by atoms with Crippen LogP contribution in [0, 0.1) is 19.8 Å². The summed E-state index contributed by atoms with van der Waals surface area (Å²) in [6, 6.07) is 0. The van der Waals surface area contributed by atoms with E-state index in [4.69, 9.17) is 0 Å². The van der Waals surface area contributed by atoms with E-state index in [1.807, 2.05) is 27.7 Å². The number of carbonyl (C=O) groups is 1. The average Bonchev–Trinajstić information content (AvgIpc) is 2.53. The molecule has 0 fully saturated rings. The molecule has 1 aromatic heterocycles. The van der Waals surface area contributed by atoms with Crippen molar-refractivity contribution in [2.75, 3.05) is 6.54 Å². The summed E-state index contributed by atoms with van der Waals surface area (Å²) in [7, 11) is 0. The van der Waals surface area contributed by atoms with Gasteiger partial charge in [-0.25, -0.2) is 0 Å². The number of thiazole rings is 1. The third kappa shape index (κ3) is 3.91. The number of carbonyl (C=O) groups excluding carboxylic acids is 1. The Morgan fingerprint density at radius 2 is 2.05 bits per heavy atom. The zero-order chi connectivity index (χ0) is 14.8. The van der Waals surface area contributed by atoms with E-state index in [9.17, 15) is 14.7 Å². The lowest BCUT2D eigenvalue weighted by molar-refractivity contribution is -0.123. The lowest BCUT2D eigenvalue weighted by Gasteiger charge is -2.27. The summed E-state index contributed by atoms with van der Waals surface area (Å²) in [5.74, 6) is -0.218. The second kappa shape index (κ2) is 5.88. The predicted molar refractivity (Wildman–Crippen MR) is 76.5 cm³/mol. The molecule has 1 amide bonds. The van der Waals surface area contributed by atoms with Crippen LogP contribution in [-0.2, 0) is 11.3 Å². The average molecular weight is 286 g/mol. The molecule has 1 heterocycles. The van der Waals surface area contributed by atoms with E-state index in [2.05, 4.69) is 5.32 Å². The number of aliphatic hydroxyl groups is 1. The van der Waals surface area contributed by atoms with Crippen molar-refractivity contribution in [2.24, 2.45) is 5.92 Å². The molecule has 1 aromatic rings. The fourth-order valence-corrected chi connectivity index (χ4v) is 2.28. The molecule has 108 valence electrons. The molecule has 0 saturated heterocycles. The largest absolute Gasteiger partial charge is 0.388 e. The summed E-state index contributed by atoms with van der Waals surface area (Å²) in [5, 5.41) is 12.7. The highest BCUT2D eigenvalue weighted by Crippen LogP contribution is 2.14. The monoisotopic (exact) mass is 286 g/mol. The number of aromatic nitrogens is 1. The Bertz CT molecular complexity index is 514. The smallest absolute Gasteiger partial charge is 0.308 e. The third-order valence-corrected chi connectivity index (χ3v) is 4.56. The fraction of sp³-hybridized carbons (Fsp3) is 0.692. The molecule has 0 radical (unpaired) electrons. The summed E-state index contributed by atoms with van der Waals surface area (Å²) in [6.07, 6.45) is 0. The number of hydrogen-bond donors (Lipinski definition) is 2. The topological polar surface area (TPSA) is 71.3 Å². The summed E-state index contributed by atoms with van der Waals surface area (Å²) < 4.78 is 1.46. The molecular weight excluding hydrogens is 264 g/mol. The maximum absolute atomic E-state index is 11.8. The van der Waals surface area contributed by atoms with E-state index in [0.717, 1.165) is 21.9 Å². The highest BCUT2D eigenvalue weighted by Gasteiger charge is 2.25. The molecular formula is C13H22N2O3S. The van der Waals surface area contributed by atoms with Crippen LogP contribution in [0.5, 0.6) is 0 Å². The second-order valence-electron chi connectivity index (χ2n) is 5.38. The minimum Gasteiger partial charge on any atom is -0.388 e. The highest BCUT2D eigenvalue weighted by atomic mass is 32.1. The molecule has 0 saturated carbocycles. The molecule has 2 N–H and O–H groups in total. The van der Waals surface area contributed by atoms with E-state index < -0.39 is 5.60 Å². The minimum atomic E-state index is -0.944. The number of aryl methyl sites for hydroxylation is 1. The van der Waals surface area contributed by atoms with E-state index in [0.29, 0.717) is 0 Å². The number of hydrogen-bond acceptors (Lipinski definition) is 4. The molecule has 1 atom stereocenters. The van der Waals surface area contributed by atoms with E-state index in [1.54, 1.807) is 6.92 Å². The predicted octanol–water partition coefficient (Wildman–Crippen LogP) is 1.05. The van der Waals surface area contributed by atoms with Gasteiger partial charge in [-0.2, -0.15) is 0 Å². The maximum atomic E-state index is 11.8. The van der Waals surface area contributed by atoms with Crippen molar-refractivity contribution in [2.45, 2.75) is 46.8 Å². The number of nitrogens with one attached hydrogen (secondary N) is 1. The lowest BCUT2D eigenvalue weighted by atomic mass is 9.92. The van der Waals surface area contributed by atoms with Crippen LogP contribution < -0.4 is 10.2 Å². The van der Waals surface area contributed by atoms with Crippen molar-refractivity contribution in [3.05, 3.63) is 20.2 Å².